The van der Waals surface area contributed by atoms with E-state index in [-0.39, 0.29) is 6.42 Å². The van der Waals surface area contributed by atoms with Crippen molar-refractivity contribution < 1.29 is 13.2 Å². The molecule has 4 heteroatoms. The zero-order valence-corrected chi connectivity index (χ0v) is 10.9. The maximum Gasteiger partial charge on any atom is 0.389 e. The molecule has 1 atom stereocenters. The highest BCUT2D eigenvalue weighted by atomic mass is 19.4. The van der Waals surface area contributed by atoms with Gasteiger partial charge in [-0.3, -0.25) is 0 Å². The van der Waals surface area contributed by atoms with Gasteiger partial charge in [0.1, 0.15) is 0 Å². The Kier molecular flexibility index (Phi) is 5.29. The molecule has 0 aromatic rings. The number of rotatable bonds is 4. The molecule has 0 amide bonds. The number of halogens is 3. The van der Waals surface area contributed by atoms with Crippen LogP contribution in [-0.2, 0) is 0 Å². The molecule has 102 valence electrons. The lowest BCUT2D eigenvalue weighted by Crippen LogP contribution is -2.30. The van der Waals surface area contributed by atoms with Crippen molar-refractivity contribution in [3.63, 3.8) is 0 Å². The molecule has 1 saturated carbocycles. The van der Waals surface area contributed by atoms with Gasteiger partial charge in [0.25, 0.3) is 0 Å². The summed E-state index contributed by atoms with van der Waals surface area (Å²) in [5.41, 5.74) is 0.405. The van der Waals surface area contributed by atoms with Gasteiger partial charge >= 0.3 is 6.18 Å². The Morgan fingerprint density at radius 3 is 2.53 bits per heavy atom. The van der Waals surface area contributed by atoms with Gasteiger partial charge in [0.15, 0.2) is 0 Å². The molecule has 0 saturated heterocycles. The number of hydrogen-bond acceptors (Lipinski definition) is 1. The molecule has 0 spiro atoms. The molecular formula is C13H24F3N. The lowest BCUT2D eigenvalue weighted by Gasteiger charge is -2.22. The Bertz CT molecular complexity index is 223. The van der Waals surface area contributed by atoms with Crippen LogP contribution in [0.25, 0.3) is 0 Å². The lowest BCUT2D eigenvalue weighted by molar-refractivity contribution is -0.135. The first kappa shape index (κ1) is 14.8. The third-order valence-electron chi connectivity index (χ3n) is 3.65. The molecule has 1 nitrogen and oxygen atoms in total. The summed E-state index contributed by atoms with van der Waals surface area (Å²) in [4.78, 5) is 0. The molecular weight excluding hydrogens is 227 g/mol. The smallest absolute Gasteiger partial charge is 0.314 e. The van der Waals surface area contributed by atoms with Crippen LogP contribution in [-0.4, -0.2) is 18.8 Å². The maximum absolute atomic E-state index is 12.0. The van der Waals surface area contributed by atoms with Crippen LogP contribution in [0, 0.1) is 5.41 Å². The minimum atomic E-state index is -4.01. The van der Waals surface area contributed by atoms with Crippen LogP contribution in [0.1, 0.15) is 58.8 Å². The molecule has 0 aliphatic heterocycles. The van der Waals surface area contributed by atoms with Crippen LogP contribution in [0.2, 0.25) is 0 Å². The monoisotopic (exact) mass is 251 g/mol. The molecule has 1 fully saturated rings. The van der Waals surface area contributed by atoms with Gasteiger partial charge in [-0.2, -0.15) is 13.2 Å². The minimum absolute atomic E-state index is 0.198. The summed E-state index contributed by atoms with van der Waals surface area (Å²) in [6, 6.07) is 0.421. The van der Waals surface area contributed by atoms with E-state index in [0.717, 1.165) is 12.8 Å². The van der Waals surface area contributed by atoms with E-state index in [9.17, 15) is 13.2 Å². The first-order valence-electron chi connectivity index (χ1n) is 6.59. The largest absolute Gasteiger partial charge is 0.389 e. The van der Waals surface area contributed by atoms with Crippen molar-refractivity contribution >= 4 is 0 Å². The second-order valence-electron chi connectivity index (χ2n) is 5.96. The summed E-state index contributed by atoms with van der Waals surface area (Å²) >= 11 is 0. The van der Waals surface area contributed by atoms with Gasteiger partial charge in [-0.05, 0) is 44.1 Å². The van der Waals surface area contributed by atoms with E-state index in [2.05, 4.69) is 19.2 Å². The number of hydrogen-bond donors (Lipinski definition) is 1. The molecule has 0 heterocycles. The van der Waals surface area contributed by atoms with Gasteiger partial charge in [0, 0.05) is 12.5 Å². The highest BCUT2D eigenvalue weighted by molar-refractivity contribution is 4.79. The highest BCUT2D eigenvalue weighted by Crippen LogP contribution is 2.33. The van der Waals surface area contributed by atoms with Crippen molar-refractivity contribution in [3.05, 3.63) is 0 Å². The van der Waals surface area contributed by atoms with E-state index in [4.69, 9.17) is 0 Å². The Morgan fingerprint density at radius 2 is 1.88 bits per heavy atom. The summed E-state index contributed by atoms with van der Waals surface area (Å²) in [6.07, 6.45) is 1.31. The Balaban J connectivity index is 2.15. The summed E-state index contributed by atoms with van der Waals surface area (Å²) in [5, 5.41) is 3.27. The van der Waals surface area contributed by atoms with Gasteiger partial charge in [-0.1, -0.05) is 20.3 Å². The molecule has 17 heavy (non-hydrogen) atoms. The normalized spacial score (nSPS) is 25.6. The zero-order valence-electron chi connectivity index (χ0n) is 10.9. The van der Waals surface area contributed by atoms with Crippen molar-refractivity contribution in [1.29, 1.82) is 0 Å². The van der Waals surface area contributed by atoms with Crippen molar-refractivity contribution in [2.45, 2.75) is 71.0 Å². The first-order chi connectivity index (χ1) is 7.79. The molecule has 1 rings (SSSR count). The van der Waals surface area contributed by atoms with Gasteiger partial charge in [-0.15, -0.1) is 0 Å². The molecule has 0 aromatic heterocycles. The molecule has 1 aliphatic carbocycles. The van der Waals surface area contributed by atoms with E-state index < -0.39 is 12.6 Å². The Labute approximate surface area is 102 Å². The average Bonchev–Trinajstić information content (AvgIpc) is 2.33. The van der Waals surface area contributed by atoms with Gasteiger partial charge in [0.2, 0.25) is 0 Å². The van der Waals surface area contributed by atoms with Crippen LogP contribution in [0.5, 0.6) is 0 Å². The summed E-state index contributed by atoms with van der Waals surface area (Å²) in [5.74, 6) is 0. The number of nitrogens with one attached hydrogen (secondary N) is 1. The second-order valence-corrected chi connectivity index (χ2v) is 5.96. The van der Waals surface area contributed by atoms with E-state index in [1.807, 2.05) is 0 Å². The maximum atomic E-state index is 12.0. The zero-order chi connectivity index (χ0) is 12.9. The standard InChI is InChI=1S/C13H24F3N/c1-12(2)7-3-5-11(6-9-12)17-10-4-8-13(14,15)16/h11,17H,3-10H2,1-2H3. The lowest BCUT2D eigenvalue weighted by atomic mass is 9.85. The van der Waals surface area contributed by atoms with Gasteiger partial charge in [-0.25, -0.2) is 0 Å². The highest BCUT2D eigenvalue weighted by Gasteiger charge is 2.27. The van der Waals surface area contributed by atoms with E-state index in [1.54, 1.807) is 0 Å². The van der Waals surface area contributed by atoms with Crippen molar-refractivity contribution in [1.82, 2.24) is 5.32 Å². The van der Waals surface area contributed by atoms with Crippen molar-refractivity contribution in [3.8, 4) is 0 Å². The quantitative estimate of drug-likeness (QED) is 0.581. The van der Waals surface area contributed by atoms with Crippen LogP contribution >= 0.6 is 0 Å². The molecule has 1 N–H and O–H groups in total. The van der Waals surface area contributed by atoms with Crippen LogP contribution in [0.3, 0.4) is 0 Å². The Hall–Kier alpha value is -0.250. The summed E-state index contributed by atoms with van der Waals surface area (Å²) < 4.78 is 35.9. The average molecular weight is 251 g/mol. The first-order valence-corrected chi connectivity index (χ1v) is 6.59. The fourth-order valence-electron chi connectivity index (χ4n) is 2.46. The third-order valence-corrected chi connectivity index (χ3v) is 3.65. The summed E-state index contributed by atoms with van der Waals surface area (Å²) in [6.45, 7) is 5.04. The van der Waals surface area contributed by atoms with E-state index >= 15 is 0 Å². The topological polar surface area (TPSA) is 12.0 Å². The number of alkyl halides is 3. The van der Waals surface area contributed by atoms with Crippen LogP contribution < -0.4 is 5.32 Å². The van der Waals surface area contributed by atoms with Gasteiger partial charge in [0.05, 0.1) is 0 Å². The minimum Gasteiger partial charge on any atom is -0.314 e. The second kappa shape index (κ2) is 6.07. The fraction of sp³-hybridized carbons (Fsp3) is 1.00. The molecule has 1 unspecified atom stereocenters. The molecule has 0 aromatic carbocycles. The third kappa shape index (κ3) is 6.92. The van der Waals surface area contributed by atoms with E-state index in [0.29, 0.717) is 18.0 Å². The molecule has 1 aliphatic rings. The molecule has 0 radical (unpaired) electrons. The Morgan fingerprint density at radius 1 is 1.18 bits per heavy atom. The predicted molar refractivity (Wildman–Crippen MR) is 63.9 cm³/mol. The molecule has 0 bridgehead atoms. The fourth-order valence-corrected chi connectivity index (χ4v) is 2.46. The van der Waals surface area contributed by atoms with Crippen LogP contribution in [0.15, 0.2) is 0 Å². The van der Waals surface area contributed by atoms with E-state index in [1.165, 1.54) is 19.3 Å². The van der Waals surface area contributed by atoms with Crippen molar-refractivity contribution in [2.24, 2.45) is 5.41 Å². The van der Waals surface area contributed by atoms with Crippen molar-refractivity contribution in [2.75, 3.05) is 6.54 Å². The predicted octanol–water partition coefficient (Wildman–Crippen LogP) is 4.28. The summed E-state index contributed by atoms with van der Waals surface area (Å²) in [7, 11) is 0. The van der Waals surface area contributed by atoms with Gasteiger partial charge < -0.3 is 5.32 Å². The SMILES string of the molecule is CC1(C)CCCC(NCCCC(F)(F)F)CC1. The van der Waals surface area contributed by atoms with Crippen LogP contribution in [0.4, 0.5) is 13.2 Å².